The zero-order valence-corrected chi connectivity index (χ0v) is 19.8. The molecule has 0 saturated heterocycles. The van der Waals surface area contributed by atoms with Crippen molar-refractivity contribution in [1.29, 1.82) is 0 Å². The Hall–Kier alpha value is -3.55. The van der Waals surface area contributed by atoms with E-state index in [1.165, 1.54) is 6.33 Å². The van der Waals surface area contributed by atoms with Gasteiger partial charge in [-0.25, -0.2) is 9.97 Å². The van der Waals surface area contributed by atoms with Crippen LogP contribution in [-0.4, -0.2) is 30.8 Å². The van der Waals surface area contributed by atoms with Crippen molar-refractivity contribution in [3.8, 4) is 11.5 Å². The molecular weight excluding hydrogens is 450 g/mol. The average Bonchev–Trinajstić information content (AvgIpc) is 3.41. The molecule has 0 fully saturated rings. The van der Waals surface area contributed by atoms with Crippen molar-refractivity contribution in [1.82, 2.24) is 19.1 Å². The first kappa shape index (κ1) is 22.3. The molecule has 0 aliphatic heterocycles. The van der Waals surface area contributed by atoms with Gasteiger partial charge in [-0.2, -0.15) is 0 Å². The Morgan fingerprint density at radius 3 is 2.68 bits per heavy atom. The Balaban J connectivity index is 1.41. The second-order valence-electron chi connectivity index (χ2n) is 8.61. The van der Waals surface area contributed by atoms with Gasteiger partial charge in [0.1, 0.15) is 23.3 Å². The van der Waals surface area contributed by atoms with Gasteiger partial charge >= 0.3 is 0 Å². The maximum Gasteiger partial charge on any atom is 0.158 e. The van der Waals surface area contributed by atoms with Gasteiger partial charge in [-0.15, -0.1) is 0 Å². The van der Waals surface area contributed by atoms with Gasteiger partial charge < -0.3 is 24.3 Å². The fraction of sp³-hybridized carbons (Fsp3) is 0.231. The summed E-state index contributed by atoms with van der Waals surface area (Å²) in [5, 5.41) is 14.2. The number of aliphatic hydroxyl groups excluding tert-OH is 1. The number of aliphatic hydroxyl groups is 1. The van der Waals surface area contributed by atoms with Crippen LogP contribution in [0.1, 0.15) is 13.8 Å². The van der Waals surface area contributed by atoms with Gasteiger partial charge in [-0.3, -0.25) is 0 Å². The molecule has 174 valence electrons. The molecule has 0 spiro atoms. The van der Waals surface area contributed by atoms with E-state index in [1.54, 1.807) is 0 Å². The highest BCUT2D eigenvalue weighted by atomic mass is 35.5. The monoisotopic (exact) mass is 475 g/mol. The minimum Gasteiger partial charge on any atom is -0.455 e. The molecule has 3 aromatic heterocycles. The first-order chi connectivity index (χ1) is 16.5. The molecule has 0 atom stereocenters. The molecule has 0 aliphatic carbocycles. The standard InChI is InChI=1S/C26H26ClN5O2/c1-17(2)15-32-10-8-19-22(32)4-3-5-23(19)34-24-7-6-18(14-20(24)27)30-26-25-21(28-16-29-26)9-11-31(25)12-13-33/h3-11,14,16-17,33H,12-13,15H2,1-2H3,(H,28,29,30). The molecule has 7 nitrogen and oxygen atoms in total. The summed E-state index contributed by atoms with van der Waals surface area (Å²) >= 11 is 6.61. The van der Waals surface area contributed by atoms with Gasteiger partial charge in [0.25, 0.3) is 0 Å². The van der Waals surface area contributed by atoms with Crippen LogP contribution in [0.15, 0.2) is 67.3 Å². The summed E-state index contributed by atoms with van der Waals surface area (Å²) in [6.07, 6.45) is 5.50. The lowest BCUT2D eigenvalue weighted by molar-refractivity contribution is 0.278. The number of nitrogens with one attached hydrogen (secondary N) is 1. The predicted octanol–water partition coefficient (Wildman–Crippen LogP) is 6.22. The highest BCUT2D eigenvalue weighted by molar-refractivity contribution is 6.32. The van der Waals surface area contributed by atoms with Gasteiger partial charge in [-0.05, 0) is 48.4 Å². The SMILES string of the molecule is CC(C)Cn1ccc2c(Oc3ccc(Nc4ncnc5ccn(CCO)c45)cc3Cl)cccc21. The molecule has 5 aromatic rings. The average molecular weight is 476 g/mol. The third-order valence-electron chi connectivity index (χ3n) is 5.64. The summed E-state index contributed by atoms with van der Waals surface area (Å²) in [7, 11) is 0. The highest BCUT2D eigenvalue weighted by Crippen LogP contribution is 2.36. The van der Waals surface area contributed by atoms with Gasteiger partial charge in [0.2, 0.25) is 0 Å². The van der Waals surface area contributed by atoms with E-state index in [2.05, 4.69) is 52.0 Å². The van der Waals surface area contributed by atoms with E-state index in [9.17, 15) is 5.11 Å². The van der Waals surface area contributed by atoms with E-state index in [-0.39, 0.29) is 6.61 Å². The first-order valence-electron chi connectivity index (χ1n) is 11.3. The number of hydrogen-bond donors (Lipinski definition) is 2. The number of ether oxygens (including phenoxy) is 1. The summed E-state index contributed by atoms with van der Waals surface area (Å²) in [5.74, 6) is 2.54. The lowest BCUT2D eigenvalue weighted by Crippen LogP contribution is -2.04. The van der Waals surface area contributed by atoms with Crippen molar-refractivity contribution in [2.75, 3.05) is 11.9 Å². The largest absolute Gasteiger partial charge is 0.455 e. The third-order valence-corrected chi connectivity index (χ3v) is 5.94. The quantitative estimate of drug-likeness (QED) is 0.278. The molecule has 34 heavy (non-hydrogen) atoms. The second-order valence-corrected chi connectivity index (χ2v) is 9.02. The van der Waals surface area contributed by atoms with E-state index in [4.69, 9.17) is 16.3 Å². The summed E-state index contributed by atoms with van der Waals surface area (Å²) in [6, 6.07) is 15.6. The molecule has 5 rings (SSSR count). The van der Waals surface area contributed by atoms with Crippen LogP contribution < -0.4 is 10.1 Å². The minimum absolute atomic E-state index is 0.0313. The summed E-state index contributed by atoms with van der Waals surface area (Å²) < 4.78 is 10.4. The van der Waals surface area contributed by atoms with Crippen molar-refractivity contribution in [2.24, 2.45) is 5.92 Å². The summed E-state index contributed by atoms with van der Waals surface area (Å²) in [5.41, 5.74) is 3.54. The van der Waals surface area contributed by atoms with Crippen LogP contribution in [0.3, 0.4) is 0 Å². The van der Waals surface area contributed by atoms with Crippen molar-refractivity contribution in [3.05, 3.63) is 72.3 Å². The van der Waals surface area contributed by atoms with Crippen molar-refractivity contribution < 1.29 is 9.84 Å². The van der Waals surface area contributed by atoms with Gasteiger partial charge in [0.05, 0.1) is 22.7 Å². The molecule has 0 unspecified atom stereocenters. The number of benzene rings is 2. The van der Waals surface area contributed by atoms with Crippen LogP contribution >= 0.6 is 11.6 Å². The molecule has 0 aliphatic rings. The summed E-state index contributed by atoms with van der Waals surface area (Å²) in [4.78, 5) is 8.70. The van der Waals surface area contributed by atoms with Crippen molar-refractivity contribution in [3.63, 3.8) is 0 Å². The van der Waals surface area contributed by atoms with Gasteiger partial charge in [0.15, 0.2) is 5.82 Å². The molecule has 0 amide bonds. The fourth-order valence-electron chi connectivity index (χ4n) is 4.17. The zero-order valence-electron chi connectivity index (χ0n) is 19.1. The number of fused-ring (bicyclic) bond motifs is 2. The van der Waals surface area contributed by atoms with Crippen molar-refractivity contribution in [2.45, 2.75) is 26.9 Å². The molecule has 3 heterocycles. The van der Waals surface area contributed by atoms with E-state index >= 15 is 0 Å². The Bertz CT molecular complexity index is 1460. The van der Waals surface area contributed by atoms with E-state index in [1.807, 2.05) is 47.2 Å². The van der Waals surface area contributed by atoms with Crippen LogP contribution in [0.5, 0.6) is 11.5 Å². The minimum atomic E-state index is 0.0313. The number of nitrogens with zero attached hydrogens (tertiary/aromatic N) is 4. The Kier molecular flexibility index (Phi) is 6.13. The predicted molar refractivity (Wildman–Crippen MR) is 136 cm³/mol. The van der Waals surface area contributed by atoms with Crippen LogP contribution in [0.25, 0.3) is 21.9 Å². The number of rotatable bonds is 8. The van der Waals surface area contributed by atoms with Gasteiger partial charge in [-0.1, -0.05) is 31.5 Å². The maximum atomic E-state index is 9.36. The molecule has 0 radical (unpaired) electrons. The van der Waals surface area contributed by atoms with E-state index in [0.29, 0.717) is 29.1 Å². The molecule has 2 N–H and O–H groups in total. The lowest BCUT2D eigenvalue weighted by atomic mass is 10.2. The molecule has 0 saturated carbocycles. The number of halogens is 1. The Labute approximate surface area is 202 Å². The van der Waals surface area contributed by atoms with Crippen LogP contribution in [0, 0.1) is 5.92 Å². The molecular formula is C26H26ClN5O2. The van der Waals surface area contributed by atoms with Crippen LogP contribution in [-0.2, 0) is 13.1 Å². The number of aromatic nitrogens is 4. The van der Waals surface area contributed by atoms with Crippen molar-refractivity contribution >= 4 is 45.0 Å². The lowest BCUT2D eigenvalue weighted by Gasteiger charge is -2.13. The third kappa shape index (κ3) is 4.32. The number of hydrogen-bond acceptors (Lipinski definition) is 5. The topological polar surface area (TPSA) is 77.1 Å². The smallest absolute Gasteiger partial charge is 0.158 e. The number of anilines is 2. The Morgan fingerprint density at radius 2 is 1.88 bits per heavy atom. The highest BCUT2D eigenvalue weighted by Gasteiger charge is 2.13. The zero-order chi connectivity index (χ0) is 23.7. The molecule has 2 aromatic carbocycles. The van der Waals surface area contributed by atoms with Gasteiger partial charge in [0, 0.05) is 36.6 Å². The van der Waals surface area contributed by atoms with E-state index in [0.717, 1.165) is 39.9 Å². The normalized spacial score (nSPS) is 11.6. The van der Waals surface area contributed by atoms with E-state index < -0.39 is 0 Å². The Morgan fingerprint density at radius 1 is 1.03 bits per heavy atom. The van der Waals surface area contributed by atoms with Crippen LogP contribution in [0.4, 0.5) is 11.5 Å². The first-order valence-corrected chi connectivity index (χ1v) is 11.6. The molecule has 8 heteroatoms. The second kappa shape index (κ2) is 9.37. The van der Waals surface area contributed by atoms with Crippen LogP contribution in [0.2, 0.25) is 5.02 Å². The molecule has 0 bridgehead atoms. The summed E-state index contributed by atoms with van der Waals surface area (Å²) in [6.45, 7) is 5.86. The fourth-order valence-corrected chi connectivity index (χ4v) is 4.39. The maximum absolute atomic E-state index is 9.36.